The lowest BCUT2D eigenvalue weighted by atomic mass is 10.0. The van der Waals surface area contributed by atoms with E-state index in [9.17, 15) is 9.59 Å². The minimum Gasteiger partial charge on any atom is -0.469 e. The first-order valence-corrected chi connectivity index (χ1v) is 11.1. The van der Waals surface area contributed by atoms with Crippen molar-refractivity contribution in [2.24, 2.45) is 0 Å². The number of hydrogen-bond acceptors (Lipinski definition) is 4. The molecule has 0 saturated heterocycles. The summed E-state index contributed by atoms with van der Waals surface area (Å²) >= 11 is 0. The van der Waals surface area contributed by atoms with Gasteiger partial charge in [-0.1, -0.05) is 51.9 Å². The normalized spacial score (nSPS) is 11.5. The number of allylic oxidation sites excluding steroid dienone is 2. The van der Waals surface area contributed by atoms with Crippen LogP contribution in [0.3, 0.4) is 0 Å². The maximum absolute atomic E-state index is 12.3. The third-order valence-corrected chi connectivity index (χ3v) is 5.07. The summed E-state index contributed by atoms with van der Waals surface area (Å²) in [7, 11) is 1.44. The number of unbranched alkanes of at least 4 members (excludes halogenated alkanes) is 8. The Kier molecular flexibility index (Phi) is 17.2. The van der Waals surface area contributed by atoms with Crippen LogP contribution in [0.1, 0.15) is 104 Å². The van der Waals surface area contributed by atoms with Crippen LogP contribution in [0, 0.1) is 0 Å². The van der Waals surface area contributed by atoms with Crippen LogP contribution in [0.5, 0.6) is 0 Å². The molecule has 4 heteroatoms. The Labute approximate surface area is 167 Å². The van der Waals surface area contributed by atoms with E-state index in [-0.39, 0.29) is 11.8 Å². The molecule has 0 radical (unpaired) electrons. The number of esters is 1. The van der Waals surface area contributed by atoms with Gasteiger partial charge in [0.2, 0.25) is 0 Å². The van der Waals surface area contributed by atoms with Gasteiger partial charge in [-0.2, -0.15) is 0 Å². The Bertz CT molecular complexity index is 414. The fourth-order valence-electron chi connectivity index (χ4n) is 3.32. The molecular weight excluding hydrogens is 338 g/mol. The van der Waals surface area contributed by atoms with E-state index in [1.165, 1.54) is 38.5 Å². The minimum absolute atomic E-state index is 0.108. The van der Waals surface area contributed by atoms with Crippen molar-refractivity contribution in [3.8, 4) is 0 Å². The lowest BCUT2D eigenvalue weighted by Gasteiger charge is -2.24. The average molecular weight is 382 g/mol. The summed E-state index contributed by atoms with van der Waals surface area (Å²) in [6.45, 7) is 8.42. The number of carbonyl (C=O) groups excluding carboxylic acids is 2. The molecule has 0 fully saturated rings. The van der Waals surface area contributed by atoms with E-state index in [4.69, 9.17) is 0 Å². The van der Waals surface area contributed by atoms with Gasteiger partial charge in [0.05, 0.1) is 7.11 Å². The molecule has 0 aliphatic heterocycles. The van der Waals surface area contributed by atoms with Gasteiger partial charge in [-0.25, -0.2) is 0 Å². The van der Waals surface area contributed by atoms with Crippen molar-refractivity contribution in [3.63, 3.8) is 0 Å². The van der Waals surface area contributed by atoms with Crippen molar-refractivity contribution in [2.75, 3.05) is 20.2 Å². The molecule has 0 aromatic rings. The van der Waals surface area contributed by atoms with Crippen LogP contribution in [0.25, 0.3) is 0 Å². The van der Waals surface area contributed by atoms with Crippen molar-refractivity contribution >= 4 is 11.8 Å². The zero-order valence-corrected chi connectivity index (χ0v) is 18.4. The highest BCUT2D eigenvalue weighted by atomic mass is 16.5. The molecule has 0 aliphatic rings. The van der Waals surface area contributed by atoms with E-state index in [2.05, 4.69) is 30.4 Å². The van der Waals surface area contributed by atoms with E-state index in [0.717, 1.165) is 58.0 Å². The van der Waals surface area contributed by atoms with Crippen LogP contribution < -0.4 is 0 Å². The largest absolute Gasteiger partial charge is 0.469 e. The highest BCUT2D eigenvalue weighted by Crippen LogP contribution is 2.17. The quantitative estimate of drug-likeness (QED) is 0.165. The molecule has 0 aromatic heterocycles. The molecule has 0 aliphatic carbocycles. The number of rotatable bonds is 18. The SMILES string of the molecule is CCCCCCC(=O)/C=C(\CCCCCCCCC(=O)OC)N(CC)CC. The Morgan fingerprint density at radius 1 is 0.741 bits per heavy atom. The number of nitrogens with zero attached hydrogens (tertiary/aromatic N) is 1. The summed E-state index contributed by atoms with van der Waals surface area (Å²) in [6.07, 6.45) is 15.4. The van der Waals surface area contributed by atoms with Crippen LogP contribution in [-0.2, 0) is 14.3 Å². The second-order valence-corrected chi connectivity index (χ2v) is 7.28. The van der Waals surface area contributed by atoms with Crippen molar-refractivity contribution in [3.05, 3.63) is 11.8 Å². The molecule has 0 bridgehead atoms. The standard InChI is InChI=1S/C23H43NO3/c1-5-8-9-15-18-22(25)20-21(24(6-2)7-3)17-14-12-10-11-13-16-19-23(26)27-4/h20H,5-19H2,1-4H3/b21-20+. The summed E-state index contributed by atoms with van der Waals surface area (Å²) in [6, 6.07) is 0. The highest BCUT2D eigenvalue weighted by molar-refractivity contribution is 5.90. The predicted octanol–water partition coefficient (Wildman–Crippen LogP) is 6.05. The first-order chi connectivity index (χ1) is 13.1. The van der Waals surface area contributed by atoms with E-state index in [1.807, 2.05) is 6.08 Å². The van der Waals surface area contributed by atoms with Gasteiger partial charge in [-0.05, 0) is 39.5 Å². The maximum atomic E-state index is 12.3. The lowest BCUT2D eigenvalue weighted by molar-refractivity contribution is -0.140. The van der Waals surface area contributed by atoms with Gasteiger partial charge in [0.25, 0.3) is 0 Å². The van der Waals surface area contributed by atoms with Crippen molar-refractivity contribution in [1.29, 1.82) is 0 Å². The van der Waals surface area contributed by atoms with Gasteiger partial charge < -0.3 is 9.64 Å². The Morgan fingerprint density at radius 3 is 1.81 bits per heavy atom. The maximum Gasteiger partial charge on any atom is 0.305 e. The molecule has 0 saturated carbocycles. The number of methoxy groups -OCH3 is 1. The van der Waals surface area contributed by atoms with Gasteiger partial charge in [-0.15, -0.1) is 0 Å². The van der Waals surface area contributed by atoms with Crippen LogP contribution in [0.2, 0.25) is 0 Å². The Hall–Kier alpha value is -1.32. The molecule has 0 unspecified atom stereocenters. The van der Waals surface area contributed by atoms with E-state index < -0.39 is 0 Å². The summed E-state index contributed by atoms with van der Waals surface area (Å²) < 4.78 is 4.66. The first-order valence-electron chi connectivity index (χ1n) is 11.1. The van der Waals surface area contributed by atoms with Gasteiger partial charge in [0.1, 0.15) is 0 Å². The van der Waals surface area contributed by atoms with E-state index >= 15 is 0 Å². The summed E-state index contributed by atoms with van der Waals surface area (Å²) in [5.74, 6) is 0.180. The average Bonchev–Trinajstić information content (AvgIpc) is 2.67. The molecule has 158 valence electrons. The highest BCUT2D eigenvalue weighted by Gasteiger charge is 2.09. The summed E-state index contributed by atoms with van der Waals surface area (Å²) in [5.41, 5.74) is 1.21. The topological polar surface area (TPSA) is 46.6 Å². The van der Waals surface area contributed by atoms with Crippen molar-refractivity contribution < 1.29 is 14.3 Å². The van der Waals surface area contributed by atoms with Gasteiger partial charge in [-0.3, -0.25) is 9.59 Å². The molecule has 27 heavy (non-hydrogen) atoms. The number of ketones is 1. The van der Waals surface area contributed by atoms with Crippen LogP contribution in [-0.4, -0.2) is 36.9 Å². The van der Waals surface area contributed by atoms with Gasteiger partial charge in [0, 0.05) is 37.7 Å². The lowest BCUT2D eigenvalue weighted by Crippen LogP contribution is -2.23. The number of ether oxygens (including phenoxy) is 1. The van der Waals surface area contributed by atoms with Gasteiger partial charge >= 0.3 is 5.97 Å². The number of hydrogen-bond donors (Lipinski definition) is 0. The monoisotopic (exact) mass is 381 g/mol. The molecule has 0 heterocycles. The molecule has 0 rings (SSSR count). The Balaban J connectivity index is 4.17. The van der Waals surface area contributed by atoms with Gasteiger partial charge in [0.15, 0.2) is 5.78 Å². The van der Waals surface area contributed by atoms with E-state index in [0.29, 0.717) is 12.8 Å². The third kappa shape index (κ3) is 14.4. The second kappa shape index (κ2) is 18.1. The fraction of sp³-hybridized carbons (Fsp3) is 0.826. The van der Waals surface area contributed by atoms with Crippen LogP contribution in [0.4, 0.5) is 0 Å². The molecule has 0 aromatic carbocycles. The fourth-order valence-corrected chi connectivity index (χ4v) is 3.32. The molecule has 0 N–H and O–H groups in total. The smallest absolute Gasteiger partial charge is 0.305 e. The van der Waals surface area contributed by atoms with E-state index in [1.54, 1.807) is 0 Å². The molecule has 0 atom stereocenters. The van der Waals surface area contributed by atoms with Crippen LogP contribution in [0.15, 0.2) is 11.8 Å². The summed E-state index contributed by atoms with van der Waals surface area (Å²) in [4.78, 5) is 25.7. The number of carbonyl (C=O) groups is 2. The second-order valence-electron chi connectivity index (χ2n) is 7.28. The molecular formula is C23H43NO3. The third-order valence-electron chi connectivity index (χ3n) is 5.07. The molecule has 4 nitrogen and oxygen atoms in total. The summed E-state index contributed by atoms with van der Waals surface area (Å²) in [5, 5.41) is 0. The zero-order valence-electron chi connectivity index (χ0n) is 18.4. The minimum atomic E-state index is -0.108. The van der Waals surface area contributed by atoms with Crippen molar-refractivity contribution in [2.45, 2.75) is 104 Å². The Morgan fingerprint density at radius 2 is 1.26 bits per heavy atom. The van der Waals surface area contributed by atoms with Crippen LogP contribution >= 0.6 is 0 Å². The molecule has 0 spiro atoms. The van der Waals surface area contributed by atoms with Crippen molar-refractivity contribution in [1.82, 2.24) is 4.90 Å². The molecule has 0 amide bonds. The zero-order chi connectivity index (χ0) is 20.3. The first kappa shape index (κ1) is 25.7. The predicted molar refractivity (Wildman–Crippen MR) is 114 cm³/mol.